The topological polar surface area (TPSA) is 85.8 Å². The number of benzene rings is 2. The van der Waals surface area contributed by atoms with Gasteiger partial charge in [-0.2, -0.15) is 0 Å². The van der Waals surface area contributed by atoms with Crippen LogP contribution >= 0.6 is 0 Å². The maximum absolute atomic E-state index is 13.4. The minimum atomic E-state index is -0.846. The van der Waals surface area contributed by atoms with Gasteiger partial charge in [-0.15, -0.1) is 0 Å². The van der Waals surface area contributed by atoms with Crippen molar-refractivity contribution in [1.29, 1.82) is 0 Å². The largest absolute Gasteiger partial charge is 0.497 e. The number of carbonyl (C=O) groups is 3. The van der Waals surface area contributed by atoms with Crippen molar-refractivity contribution in [2.45, 2.75) is 53.0 Å². The van der Waals surface area contributed by atoms with E-state index in [-0.39, 0.29) is 43.1 Å². The molecule has 2 atom stereocenters. The van der Waals surface area contributed by atoms with E-state index in [9.17, 15) is 14.4 Å². The molecule has 2 amide bonds. The number of aromatic nitrogens is 1. The molecule has 7 heteroatoms. The lowest BCUT2D eigenvalue weighted by molar-refractivity contribution is -0.142. The van der Waals surface area contributed by atoms with E-state index in [4.69, 9.17) is 9.47 Å². The zero-order valence-corrected chi connectivity index (χ0v) is 21.9. The molecular formula is C30H32N2O5. The summed E-state index contributed by atoms with van der Waals surface area (Å²) in [4.78, 5) is 44.4. The first-order valence-electron chi connectivity index (χ1n) is 12.3. The third kappa shape index (κ3) is 5.71. The van der Waals surface area contributed by atoms with Crippen LogP contribution in [0.15, 0.2) is 60.7 Å². The van der Waals surface area contributed by atoms with Crippen molar-refractivity contribution < 1.29 is 23.9 Å². The molecule has 0 radical (unpaired) electrons. The molecule has 2 heterocycles. The molecule has 37 heavy (non-hydrogen) atoms. The van der Waals surface area contributed by atoms with E-state index in [0.717, 1.165) is 33.8 Å². The molecule has 4 rings (SSSR count). The van der Waals surface area contributed by atoms with Gasteiger partial charge in [0.15, 0.2) is 0 Å². The number of hydrogen-bond donors (Lipinski definition) is 0. The van der Waals surface area contributed by atoms with Crippen LogP contribution in [0.5, 0.6) is 11.5 Å². The Balaban J connectivity index is 1.41. The smallest absolute Gasteiger partial charge is 0.315 e. The molecule has 0 aliphatic carbocycles. The first kappa shape index (κ1) is 26.1. The van der Waals surface area contributed by atoms with Gasteiger partial charge in [-0.05, 0) is 55.5 Å². The van der Waals surface area contributed by atoms with Crippen LogP contribution in [0, 0.1) is 19.3 Å². The van der Waals surface area contributed by atoms with Crippen LogP contribution in [0.1, 0.15) is 54.3 Å². The number of likely N-dealkylation sites (tertiary alicyclic amines) is 1. The summed E-state index contributed by atoms with van der Waals surface area (Å²) in [5.41, 5.74) is 3.35. The molecule has 1 fully saturated rings. The Bertz CT molecular complexity index is 1300. The van der Waals surface area contributed by atoms with Gasteiger partial charge in [0.05, 0.1) is 25.5 Å². The Hall–Kier alpha value is -4.00. The van der Waals surface area contributed by atoms with Crippen LogP contribution in [-0.2, 0) is 27.3 Å². The Morgan fingerprint density at radius 1 is 0.973 bits per heavy atom. The Labute approximate surface area is 217 Å². The molecular weight excluding hydrogens is 468 g/mol. The molecule has 192 valence electrons. The van der Waals surface area contributed by atoms with E-state index in [1.165, 1.54) is 4.90 Å². The Morgan fingerprint density at radius 2 is 1.57 bits per heavy atom. The summed E-state index contributed by atoms with van der Waals surface area (Å²) < 4.78 is 10.7. The SMILES string of the molecule is COc1ccc(CN2C(=O)C[C@@](C)([C@H](C)c3ccc(CC(=O)Oc4cc(C)nc(C)c4)cc3)C2=O)cc1. The summed E-state index contributed by atoms with van der Waals surface area (Å²) in [6.07, 6.45) is 0.279. The fraction of sp³-hybridized carbons (Fsp3) is 0.333. The average Bonchev–Trinajstić information content (AvgIpc) is 3.07. The minimum Gasteiger partial charge on any atom is -0.497 e. The predicted molar refractivity (Wildman–Crippen MR) is 139 cm³/mol. The summed E-state index contributed by atoms with van der Waals surface area (Å²) in [5.74, 6) is 0.321. The summed E-state index contributed by atoms with van der Waals surface area (Å²) in [6, 6.07) is 18.4. The Morgan fingerprint density at radius 3 is 2.16 bits per heavy atom. The summed E-state index contributed by atoms with van der Waals surface area (Å²) in [5, 5.41) is 0. The predicted octanol–water partition coefficient (Wildman–Crippen LogP) is 4.92. The molecule has 1 saturated heterocycles. The van der Waals surface area contributed by atoms with Crippen LogP contribution < -0.4 is 9.47 Å². The zero-order chi connectivity index (χ0) is 26.7. The van der Waals surface area contributed by atoms with Crippen LogP contribution in [0.3, 0.4) is 0 Å². The third-order valence-corrected chi connectivity index (χ3v) is 7.12. The molecule has 3 aromatic rings. The van der Waals surface area contributed by atoms with Crippen molar-refractivity contribution in [3.63, 3.8) is 0 Å². The number of ether oxygens (including phenoxy) is 2. The zero-order valence-electron chi connectivity index (χ0n) is 21.9. The highest BCUT2D eigenvalue weighted by atomic mass is 16.5. The number of methoxy groups -OCH3 is 1. The number of esters is 1. The van der Waals surface area contributed by atoms with E-state index in [1.807, 2.05) is 76.2 Å². The second-order valence-corrected chi connectivity index (χ2v) is 9.93. The fourth-order valence-corrected chi connectivity index (χ4v) is 4.80. The molecule has 2 aromatic carbocycles. The van der Waals surface area contributed by atoms with Crippen LogP contribution in [0.2, 0.25) is 0 Å². The van der Waals surface area contributed by atoms with E-state index in [2.05, 4.69) is 4.98 Å². The van der Waals surface area contributed by atoms with Gasteiger partial charge in [-0.25, -0.2) is 0 Å². The highest BCUT2D eigenvalue weighted by Crippen LogP contribution is 2.45. The van der Waals surface area contributed by atoms with E-state index >= 15 is 0 Å². The number of pyridine rings is 1. The molecule has 1 aliphatic heterocycles. The molecule has 0 N–H and O–H groups in total. The highest BCUT2D eigenvalue weighted by Gasteiger charge is 2.51. The average molecular weight is 501 g/mol. The fourth-order valence-electron chi connectivity index (χ4n) is 4.80. The Kier molecular flexibility index (Phi) is 7.43. The number of carbonyl (C=O) groups excluding carboxylic acids is 3. The van der Waals surface area contributed by atoms with E-state index in [0.29, 0.717) is 5.75 Å². The second-order valence-electron chi connectivity index (χ2n) is 9.93. The van der Waals surface area contributed by atoms with Crippen molar-refractivity contribution >= 4 is 17.8 Å². The van der Waals surface area contributed by atoms with E-state index < -0.39 is 5.41 Å². The standard InChI is InChI=1S/C30H32N2O5/c1-19-14-26(15-20(2)31-19)37-28(34)16-22-6-10-24(11-7-22)21(3)30(4)17-27(33)32(29(30)35)18-23-8-12-25(36-5)13-9-23/h6-15,21H,16-18H2,1-5H3/t21-,30+/m1/s1. The first-order chi connectivity index (χ1) is 17.6. The van der Waals surface area contributed by atoms with Crippen LogP contribution in [0.4, 0.5) is 0 Å². The van der Waals surface area contributed by atoms with Crippen molar-refractivity contribution in [3.8, 4) is 11.5 Å². The van der Waals surface area contributed by atoms with Gasteiger partial charge in [0.2, 0.25) is 11.8 Å². The summed E-state index contributed by atoms with van der Waals surface area (Å²) in [7, 11) is 1.59. The van der Waals surface area contributed by atoms with Crippen LogP contribution in [-0.4, -0.2) is 34.8 Å². The van der Waals surface area contributed by atoms with Crippen molar-refractivity contribution in [1.82, 2.24) is 9.88 Å². The van der Waals surface area contributed by atoms with Gasteiger partial charge in [0.1, 0.15) is 11.5 Å². The highest BCUT2D eigenvalue weighted by molar-refractivity contribution is 6.06. The van der Waals surface area contributed by atoms with Gasteiger partial charge >= 0.3 is 5.97 Å². The van der Waals surface area contributed by atoms with Crippen LogP contribution in [0.25, 0.3) is 0 Å². The number of rotatable bonds is 8. The lowest BCUT2D eigenvalue weighted by atomic mass is 9.73. The lowest BCUT2D eigenvalue weighted by Crippen LogP contribution is -2.36. The molecule has 1 aliphatic rings. The maximum Gasteiger partial charge on any atom is 0.315 e. The normalized spacial score (nSPS) is 18.1. The van der Waals surface area contributed by atoms with Gasteiger partial charge in [-0.1, -0.05) is 43.3 Å². The van der Waals surface area contributed by atoms with Crippen molar-refractivity contribution in [2.24, 2.45) is 5.41 Å². The maximum atomic E-state index is 13.4. The first-order valence-corrected chi connectivity index (χ1v) is 12.3. The van der Waals surface area contributed by atoms with Gasteiger partial charge in [0.25, 0.3) is 0 Å². The van der Waals surface area contributed by atoms with Gasteiger partial charge in [-0.3, -0.25) is 24.3 Å². The lowest BCUT2D eigenvalue weighted by Gasteiger charge is -2.29. The number of hydrogen-bond acceptors (Lipinski definition) is 6. The summed E-state index contributed by atoms with van der Waals surface area (Å²) >= 11 is 0. The molecule has 0 bridgehead atoms. The number of amides is 2. The number of imide groups is 1. The monoisotopic (exact) mass is 500 g/mol. The minimum absolute atomic E-state index is 0.124. The third-order valence-electron chi connectivity index (χ3n) is 7.12. The molecule has 0 unspecified atom stereocenters. The number of aryl methyl sites for hydroxylation is 2. The van der Waals surface area contributed by atoms with E-state index in [1.54, 1.807) is 19.2 Å². The molecule has 1 aromatic heterocycles. The molecule has 7 nitrogen and oxygen atoms in total. The van der Waals surface area contributed by atoms with Crippen molar-refractivity contribution in [2.75, 3.05) is 7.11 Å². The number of nitrogens with zero attached hydrogens (tertiary/aromatic N) is 2. The summed E-state index contributed by atoms with van der Waals surface area (Å²) in [6.45, 7) is 7.77. The quantitative estimate of drug-likeness (QED) is 0.322. The molecule has 0 spiro atoms. The van der Waals surface area contributed by atoms with Gasteiger partial charge in [0, 0.05) is 29.9 Å². The van der Waals surface area contributed by atoms with Gasteiger partial charge < -0.3 is 9.47 Å². The van der Waals surface area contributed by atoms with Crippen molar-refractivity contribution in [3.05, 3.63) is 88.7 Å². The molecule has 0 saturated carbocycles. The second kappa shape index (κ2) is 10.5.